The van der Waals surface area contributed by atoms with Gasteiger partial charge < -0.3 is 0 Å². The van der Waals surface area contributed by atoms with E-state index in [1.165, 1.54) is 0 Å². The number of hydrogen-bond acceptors (Lipinski definition) is 0. The lowest BCUT2D eigenvalue weighted by Crippen LogP contribution is -1.87. The summed E-state index contributed by atoms with van der Waals surface area (Å²) in [6.07, 6.45) is -4.47. The number of benzene rings is 1. The van der Waals surface area contributed by atoms with Crippen molar-refractivity contribution in [2.45, 2.75) is 6.43 Å². The zero-order valence-electron chi connectivity index (χ0n) is 5.90. The summed E-state index contributed by atoms with van der Waals surface area (Å²) in [6.45, 7) is 0. The maximum absolute atomic E-state index is 11.9. The maximum Gasteiger partial charge on any atom is 0.339 e. The molecule has 4 heteroatoms. The van der Waals surface area contributed by atoms with Crippen molar-refractivity contribution in [3.8, 4) is 0 Å². The molecule has 0 aromatic heterocycles. The lowest BCUT2D eigenvalue weighted by Gasteiger charge is -2.00. The molecule has 0 aliphatic carbocycles. The van der Waals surface area contributed by atoms with Gasteiger partial charge in [0, 0.05) is 11.1 Å². The summed E-state index contributed by atoms with van der Waals surface area (Å²) in [7, 11) is 0. The predicted octanol–water partition coefficient (Wildman–Crippen LogP) is 3.40. The third kappa shape index (κ3) is 1.96. The Balaban J connectivity index is 2.86. The first-order valence-corrected chi connectivity index (χ1v) is 3.17. The van der Waals surface area contributed by atoms with Crippen LogP contribution in [0.1, 0.15) is 17.6 Å². The van der Waals surface area contributed by atoms with Crippen LogP contribution in [0.2, 0.25) is 0 Å². The number of alkyl halides is 2. The summed E-state index contributed by atoms with van der Waals surface area (Å²) < 4.78 is 47.5. The molecule has 0 fully saturated rings. The highest BCUT2D eigenvalue weighted by molar-refractivity contribution is 5.28. The Hall–Kier alpha value is -1.06. The fourth-order valence-corrected chi connectivity index (χ4v) is 0.755. The molecule has 0 saturated heterocycles. The molecule has 0 saturated carbocycles. The second-order valence-electron chi connectivity index (χ2n) is 2.18. The van der Waals surface area contributed by atoms with Crippen molar-refractivity contribution in [2.75, 3.05) is 0 Å². The van der Waals surface area contributed by atoms with E-state index in [1.807, 2.05) is 0 Å². The molecule has 0 spiro atoms. The number of halogens is 4. The van der Waals surface area contributed by atoms with Crippen molar-refractivity contribution in [3.05, 3.63) is 41.8 Å². The molecule has 0 heterocycles. The van der Waals surface area contributed by atoms with E-state index < -0.39 is 12.9 Å². The minimum Gasteiger partial charge on any atom is -0.205 e. The molecule has 0 bridgehead atoms. The Kier molecular flexibility index (Phi) is 2.68. The lowest BCUT2D eigenvalue weighted by atomic mass is 10.1. The molecule has 1 radical (unpaired) electrons. The first-order chi connectivity index (χ1) is 5.61. The van der Waals surface area contributed by atoms with Gasteiger partial charge in [0.2, 0.25) is 0 Å². The van der Waals surface area contributed by atoms with E-state index in [4.69, 9.17) is 0 Å². The normalized spacial score (nSPS) is 11.2. The van der Waals surface area contributed by atoms with Crippen LogP contribution in [0.3, 0.4) is 0 Å². The van der Waals surface area contributed by atoms with Gasteiger partial charge in [-0.1, -0.05) is 24.3 Å². The molecule has 1 rings (SSSR count). The van der Waals surface area contributed by atoms with E-state index in [0.29, 0.717) is 0 Å². The Labute approximate surface area is 66.8 Å². The lowest BCUT2D eigenvalue weighted by molar-refractivity contribution is 0.151. The molecule has 0 aliphatic rings. The summed E-state index contributed by atoms with van der Waals surface area (Å²) in [5.74, 6) is 0. The average molecular weight is 177 g/mol. The van der Waals surface area contributed by atoms with Gasteiger partial charge in [-0.25, -0.2) is 8.78 Å². The van der Waals surface area contributed by atoms with Gasteiger partial charge in [0.05, 0.1) is 0 Å². The van der Waals surface area contributed by atoms with E-state index in [2.05, 4.69) is 0 Å². The van der Waals surface area contributed by atoms with Crippen LogP contribution in [0.4, 0.5) is 17.6 Å². The fourth-order valence-electron chi connectivity index (χ4n) is 0.755. The third-order valence-electron chi connectivity index (χ3n) is 1.38. The van der Waals surface area contributed by atoms with Gasteiger partial charge in [-0.3, -0.25) is 0 Å². The van der Waals surface area contributed by atoms with Crippen LogP contribution >= 0.6 is 0 Å². The third-order valence-corrected chi connectivity index (χ3v) is 1.38. The van der Waals surface area contributed by atoms with E-state index in [9.17, 15) is 17.6 Å². The van der Waals surface area contributed by atoms with E-state index in [0.717, 1.165) is 24.3 Å². The van der Waals surface area contributed by atoms with E-state index in [-0.39, 0.29) is 11.1 Å². The van der Waals surface area contributed by atoms with Gasteiger partial charge in [-0.15, -0.1) is 0 Å². The van der Waals surface area contributed by atoms with Gasteiger partial charge in [0.1, 0.15) is 0 Å². The maximum atomic E-state index is 11.9. The first-order valence-electron chi connectivity index (χ1n) is 3.17. The molecule has 0 aliphatic heterocycles. The highest BCUT2D eigenvalue weighted by Crippen LogP contribution is 2.22. The fraction of sp³-hybridized carbons (Fsp3) is 0.125. The molecular weight excluding hydrogens is 172 g/mol. The van der Waals surface area contributed by atoms with Crippen molar-refractivity contribution >= 4 is 0 Å². The molecule has 0 nitrogen and oxygen atoms in total. The van der Waals surface area contributed by atoms with Crippen LogP contribution in [0, 0.1) is 6.43 Å². The van der Waals surface area contributed by atoms with Crippen molar-refractivity contribution in [1.82, 2.24) is 0 Å². The molecule has 0 unspecified atom stereocenters. The van der Waals surface area contributed by atoms with Crippen molar-refractivity contribution in [2.24, 2.45) is 0 Å². The predicted molar refractivity (Wildman–Crippen MR) is 36.0 cm³/mol. The summed E-state index contributed by atoms with van der Waals surface area (Å²) in [5.41, 5.74) is -0.570. The van der Waals surface area contributed by atoms with Crippen LogP contribution in [0.25, 0.3) is 0 Å². The van der Waals surface area contributed by atoms with Crippen LogP contribution < -0.4 is 0 Å². The quantitative estimate of drug-likeness (QED) is 0.607. The molecule has 1 aromatic rings. The molecule has 12 heavy (non-hydrogen) atoms. The standard InChI is InChI=1S/C8H5F4/c9-7(10)5-1-2-6(4-3-5)8(11)12/h1-4,7H. The Morgan fingerprint density at radius 2 is 1.50 bits per heavy atom. The second kappa shape index (κ2) is 3.56. The van der Waals surface area contributed by atoms with E-state index >= 15 is 0 Å². The molecule has 0 atom stereocenters. The highest BCUT2D eigenvalue weighted by atomic mass is 19.3. The number of rotatable bonds is 2. The first kappa shape index (κ1) is 9.03. The Morgan fingerprint density at radius 1 is 1.00 bits per heavy atom. The van der Waals surface area contributed by atoms with E-state index in [1.54, 1.807) is 0 Å². The topological polar surface area (TPSA) is 0 Å². The molecule has 0 amide bonds. The smallest absolute Gasteiger partial charge is 0.205 e. The minimum atomic E-state index is -2.61. The Bertz CT molecular complexity index is 213. The summed E-state index contributed by atoms with van der Waals surface area (Å²) in [4.78, 5) is 0. The molecule has 65 valence electrons. The largest absolute Gasteiger partial charge is 0.339 e. The molecular formula is C8H5F4. The van der Waals surface area contributed by atoms with Gasteiger partial charge in [-0.2, -0.15) is 8.78 Å². The van der Waals surface area contributed by atoms with Gasteiger partial charge in [0.15, 0.2) is 0 Å². The van der Waals surface area contributed by atoms with Crippen molar-refractivity contribution in [3.63, 3.8) is 0 Å². The van der Waals surface area contributed by atoms with Crippen molar-refractivity contribution in [1.29, 1.82) is 0 Å². The number of hydrogen-bond donors (Lipinski definition) is 0. The summed E-state index contributed by atoms with van der Waals surface area (Å²) in [5, 5.41) is 0. The molecule has 1 aromatic carbocycles. The molecule has 0 N–H and O–H groups in total. The summed E-state index contributed by atoms with van der Waals surface area (Å²) in [6, 6.07) is 3.91. The minimum absolute atomic E-state index is 0.250. The van der Waals surface area contributed by atoms with Crippen LogP contribution in [0.5, 0.6) is 0 Å². The average Bonchev–Trinajstić information content (AvgIpc) is 2.04. The van der Waals surface area contributed by atoms with Gasteiger partial charge >= 0.3 is 6.43 Å². The van der Waals surface area contributed by atoms with Crippen LogP contribution in [-0.2, 0) is 0 Å². The van der Waals surface area contributed by atoms with Crippen LogP contribution in [0.15, 0.2) is 24.3 Å². The van der Waals surface area contributed by atoms with Crippen LogP contribution in [-0.4, -0.2) is 0 Å². The highest BCUT2D eigenvalue weighted by Gasteiger charge is 2.11. The van der Waals surface area contributed by atoms with Gasteiger partial charge in [0.25, 0.3) is 6.43 Å². The zero-order chi connectivity index (χ0) is 9.14. The zero-order valence-corrected chi connectivity index (χ0v) is 5.90. The SMILES string of the molecule is F[C](F)c1ccc(C(F)F)cc1. The van der Waals surface area contributed by atoms with Crippen molar-refractivity contribution < 1.29 is 17.6 Å². The monoisotopic (exact) mass is 177 g/mol. The van der Waals surface area contributed by atoms with Gasteiger partial charge in [-0.05, 0) is 0 Å². The second-order valence-corrected chi connectivity index (χ2v) is 2.18. The summed E-state index contributed by atoms with van der Waals surface area (Å²) >= 11 is 0. The Morgan fingerprint density at radius 3 is 1.83 bits per heavy atom.